The van der Waals surface area contributed by atoms with Gasteiger partial charge in [0.1, 0.15) is 0 Å². The Morgan fingerprint density at radius 1 is 1.40 bits per heavy atom. The molecule has 0 heterocycles. The Bertz CT molecular complexity index is 177. The summed E-state index contributed by atoms with van der Waals surface area (Å²) in [4.78, 5) is 2.39. The zero-order chi connectivity index (χ0) is 11.3. The van der Waals surface area contributed by atoms with Gasteiger partial charge in [-0.1, -0.05) is 12.8 Å². The lowest BCUT2D eigenvalue weighted by molar-refractivity contribution is 0.0155. The standard InChI is InChI=1S/C12H25NOS/c1-10(8-9-15-3)13(2)11-6-4-5-7-12(11)14/h10-12,14H,4-9H2,1-3H3/t10?,11-,12-/m0/s1. The smallest absolute Gasteiger partial charge is 0.0695 e. The molecule has 90 valence electrons. The molecule has 15 heavy (non-hydrogen) atoms. The molecule has 1 unspecified atom stereocenters. The van der Waals surface area contributed by atoms with Crippen molar-refractivity contribution >= 4 is 11.8 Å². The molecule has 2 nitrogen and oxygen atoms in total. The Hall–Kier alpha value is 0.270. The lowest BCUT2D eigenvalue weighted by atomic mass is 9.91. The van der Waals surface area contributed by atoms with Gasteiger partial charge in [0.25, 0.3) is 0 Å². The van der Waals surface area contributed by atoms with E-state index < -0.39 is 0 Å². The average molecular weight is 231 g/mol. The van der Waals surface area contributed by atoms with Crippen LogP contribution in [0.4, 0.5) is 0 Å². The average Bonchev–Trinajstić information content (AvgIpc) is 2.25. The molecule has 1 N–H and O–H groups in total. The summed E-state index contributed by atoms with van der Waals surface area (Å²) in [5.41, 5.74) is 0. The van der Waals surface area contributed by atoms with E-state index in [0.717, 1.165) is 6.42 Å². The summed E-state index contributed by atoms with van der Waals surface area (Å²) in [5.74, 6) is 1.22. The van der Waals surface area contributed by atoms with E-state index in [9.17, 15) is 5.11 Å². The SMILES string of the molecule is CSCCC(C)N(C)[C@H]1CCCC[C@@H]1O. The van der Waals surface area contributed by atoms with Crippen molar-refractivity contribution in [2.45, 2.75) is 57.2 Å². The minimum Gasteiger partial charge on any atom is -0.391 e. The summed E-state index contributed by atoms with van der Waals surface area (Å²) in [7, 11) is 2.17. The van der Waals surface area contributed by atoms with Crippen molar-refractivity contribution in [3.05, 3.63) is 0 Å². The molecular formula is C12H25NOS. The summed E-state index contributed by atoms with van der Waals surface area (Å²) < 4.78 is 0. The molecule has 0 spiro atoms. The quantitative estimate of drug-likeness (QED) is 0.786. The molecule has 0 aromatic carbocycles. The fourth-order valence-corrected chi connectivity index (χ4v) is 2.96. The Balaban J connectivity index is 2.39. The second-order valence-corrected chi connectivity index (χ2v) is 5.70. The fraction of sp³-hybridized carbons (Fsp3) is 1.00. The molecule has 0 aromatic rings. The Kier molecular flexibility index (Phi) is 6.02. The number of aliphatic hydroxyl groups is 1. The third kappa shape index (κ3) is 3.97. The maximum Gasteiger partial charge on any atom is 0.0695 e. The van der Waals surface area contributed by atoms with E-state index in [1.165, 1.54) is 31.4 Å². The highest BCUT2D eigenvalue weighted by Gasteiger charge is 2.28. The van der Waals surface area contributed by atoms with Gasteiger partial charge in [-0.05, 0) is 45.2 Å². The van der Waals surface area contributed by atoms with Crippen LogP contribution in [0.1, 0.15) is 39.0 Å². The summed E-state index contributed by atoms with van der Waals surface area (Å²) in [5, 5.41) is 9.97. The van der Waals surface area contributed by atoms with Crippen molar-refractivity contribution in [2.75, 3.05) is 19.1 Å². The largest absolute Gasteiger partial charge is 0.391 e. The van der Waals surface area contributed by atoms with Gasteiger partial charge in [0.05, 0.1) is 6.10 Å². The van der Waals surface area contributed by atoms with Gasteiger partial charge >= 0.3 is 0 Å². The molecule has 0 radical (unpaired) electrons. The van der Waals surface area contributed by atoms with Crippen LogP contribution in [0.3, 0.4) is 0 Å². The molecule has 1 fully saturated rings. The predicted molar refractivity (Wildman–Crippen MR) is 68.5 cm³/mol. The summed E-state index contributed by atoms with van der Waals surface area (Å²) in [6.45, 7) is 2.28. The Morgan fingerprint density at radius 3 is 2.67 bits per heavy atom. The van der Waals surface area contributed by atoms with Gasteiger partial charge in [-0.3, -0.25) is 4.90 Å². The second-order valence-electron chi connectivity index (χ2n) is 4.72. The first-order chi connectivity index (χ1) is 7.16. The molecular weight excluding hydrogens is 206 g/mol. The fourth-order valence-electron chi connectivity index (χ4n) is 2.39. The number of nitrogens with zero attached hydrogens (tertiary/aromatic N) is 1. The Morgan fingerprint density at radius 2 is 2.07 bits per heavy atom. The van der Waals surface area contributed by atoms with Crippen LogP contribution in [0.2, 0.25) is 0 Å². The van der Waals surface area contributed by atoms with Gasteiger partial charge in [-0.25, -0.2) is 0 Å². The number of thioether (sulfide) groups is 1. The van der Waals surface area contributed by atoms with Gasteiger partial charge in [-0.15, -0.1) is 0 Å². The summed E-state index contributed by atoms with van der Waals surface area (Å²) in [6, 6.07) is 0.991. The van der Waals surface area contributed by atoms with Crippen LogP contribution in [0.25, 0.3) is 0 Å². The first-order valence-corrected chi connectivity index (χ1v) is 7.45. The van der Waals surface area contributed by atoms with Crippen LogP contribution < -0.4 is 0 Å². The normalized spacial score (nSPS) is 29.4. The zero-order valence-corrected chi connectivity index (χ0v) is 11.1. The molecule has 3 heteroatoms. The minimum absolute atomic E-state index is 0.0968. The molecule has 0 aliphatic heterocycles. The molecule has 1 aliphatic rings. The third-order valence-corrected chi connectivity index (χ3v) is 4.30. The topological polar surface area (TPSA) is 23.5 Å². The second kappa shape index (κ2) is 6.77. The third-order valence-electron chi connectivity index (χ3n) is 3.65. The monoisotopic (exact) mass is 231 g/mol. The van der Waals surface area contributed by atoms with Crippen LogP contribution in [0.15, 0.2) is 0 Å². The van der Waals surface area contributed by atoms with Crippen molar-refractivity contribution in [3.8, 4) is 0 Å². The van der Waals surface area contributed by atoms with Crippen molar-refractivity contribution in [3.63, 3.8) is 0 Å². The highest BCUT2D eigenvalue weighted by Crippen LogP contribution is 2.24. The van der Waals surface area contributed by atoms with Gasteiger partial charge in [0, 0.05) is 12.1 Å². The van der Waals surface area contributed by atoms with E-state index in [1.54, 1.807) is 0 Å². The highest BCUT2D eigenvalue weighted by atomic mass is 32.2. The van der Waals surface area contributed by atoms with E-state index >= 15 is 0 Å². The molecule has 3 atom stereocenters. The van der Waals surface area contributed by atoms with Gasteiger partial charge in [0.15, 0.2) is 0 Å². The minimum atomic E-state index is -0.0968. The van der Waals surface area contributed by atoms with Crippen LogP contribution >= 0.6 is 11.8 Å². The molecule has 0 bridgehead atoms. The van der Waals surface area contributed by atoms with Crippen molar-refractivity contribution in [1.29, 1.82) is 0 Å². The number of aliphatic hydroxyl groups excluding tert-OH is 1. The first kappa shape index (κ1) is 13.3. The van der Waals surface area contributed by atoms with E-state index in [-0.39, 0.29) is 6.10 Å². The van der Waals surface area contributed by atoms with Gasteiger partial charge in [-0.2, -0.15) is 11.8 Å². The highest BCUT2D eigenvalue weighted by molar-refractivity contribution is 7.98. The molecule has 0 amide bonds. The van der Waals surface area contributed by atoms with Crippen molar-refractivity contribution in [1.82, 2.24) is 4.90 Å². The number of likely N-dealkylation sites (N-methyl/N-ethyl adjacent to an activating group) is 1. The lowest BCUT2D eigenvalue weighted by Crippen LogP contribution is -2.47. The lowest BCUT2D eigenvalue weighted by Gasteiger charge is -2.38. The predicted octanol–water partition coefficient (Wildman–Crippen LogP) is 2.36. The Labute approximate surface area is 98.4 Å². The van der Waals surface area contributed by atoms with Crippen LogP contribution in [0.5, 0.6) is 0 Å². The number of hydrogen-bond donors (Lipinski definition) is 1. The van der Waals surface area contributed by atoms with Gasteiger partial charge < -0.3 is 5.11 Å². The van der Waals surface area contributed by atoms with Crippen LogP contribution in [0, 0.1) is 0 Å². The molecule has 1 aliphatic carbocycles. The summed E-state index contributed by atoms with van der Waals surface area (Å²) in [6.07, 6.45) is 7.92. The zero-order valence-electron chi connectivity index (χ0n) is 10.3. The summed E-state index contributed by atoms with van der Waals surface area (Å²) >= 11 is 1.91. The first-order valence-electron chi connectivity index (χ1n) is 6.05. The van der Waals surface area contributed by atoms with E-state index in [1.807, 2.05) is 11.8 Å². The van der Waals surface area contributed by atoms with Crippen LogP contribution in [-0.4, -0.2) is 47.3 Å². The molecule has 0 aromatic heterocycles. The van der Waals surface area contributed by atoms with Gasteiger partial charge in [0.2, 0.25) is 0 Å². The van der Waals surface area contributed by atoms with Crippen molar-refractivity contribution < 1.29 is 5.11 Å². The van der Waals surface area contributed by atoms with Crippen molar-refractivity contribution in [2.24, 2.45) is 0 Å². The van der Waals surface area contributed by atoms with Crippen LogP contribution in [-0.2, 0) is 0 Å². The van der Waals surface area contributed by atoms with E-state index in [2.05, 4.69) is 25.1 Å². The number of rotatable bonds is 5. The maximum atomic E-state index is 9.97. The molecule has 0 saturated heterocycles. The number of hydrogen-bond acceptors (Lipinski definition) is 3. The van der Waals surface area contributed by atoms with E-state index in [0.29, 0.717) is 12.1 Å². The molecule has 1 saturated carbocycles. The maximum absolute atomic E-state index is 9.97. The molecule has 1 rings (SSSR count). The van der Waals surface area contributed by atoms with E-state index in [4.69, 9.17) is 0 Å².